The Morgan fingerprint density at radius 1 is 1.17 bits per heavy atom. The van der Waals surface area contributed by atoms with Crippen LogP contribution in [0.15, 0.2) is 9.32 Å². The number of nitrogens with one attached hydrogen (secondary N) is 1. The summed E-state index contributed by atoms with van der Waals surface area (Å²) in [5, 5.41) is 2.23. The van der Waals surface area contributed by atoms with Crippen molar-refractivity contribution in [2.45, 2.75) is 32.5 Å². The Hall–Kier alpha value is -2.62. The number of carbonyl (C=O) groups excluding carboxylic acids is 3. The molecule has 1 heterocycles. The third-order valence-electron chi connectivity index (χ3n) is 3.30. The van der Waals surface area contributed by atoms with Gasteiger partial charge in [-0.15, -0.1) is 4.74 Å². The van der Waals surface area contributed by atoms with Gasteiger partial charge in [-0.2, -0.15) is 0 Å². The Kier molecular flexibility index (Phi) is 6.29. The molecule has 0 atom stereocenters. The number of carbonyl (C=O) groups is 3. The number of aryl methyl sites for hydroxylation is 1. The standard InChI is InChI=1S/C14H20N2O8/c1-8-10(11(18)16(24-8)7-21-3)6-14(12(19)22-4,13(20)23-5)15-9(2)17/h6-7H2,1-5H3,(H,15,17). The van der Waals surface area contributed by atoms with Crippen molar-refractivity contribution in [3.8, 4) is 0 Å². The molecule has 134 valence electrons. The molecule has 0 saturated heterocycles. The van der Waals surface area contributed by atoms with E-state index < -0.39 is 35.4 Å². The van der Waals surface area contributed by atoms with Crippen LogP contribution >= 0.6 is 0 Å². The van der Waals surface area contributed by atoms with E-state index in [9.17, 15) is 19.2 Å². The third-order valence-corrected chi connectivity index (χ3v) is 3.30. The van der Waals surface area contributed by atoms with Crippen LogP contribution in [0.5, 0.6) is 0 Å². The fourth-order valence-electron chi connectivity index (χ4n) is 2.25. The van der Waals surface area contributed by atoms with E-state index in [0.29, 0.717) is 0 Å². The van der Waals surface area contributed by atoms with Gasteiger partial charge in [0.25, 0.3) is 5.56 Å². The normalized spacial score (nSPS) is 11.0. The van der Waals surface area contributed by atoms with Gasteiger partial charge in [0.05, 0.1) is 19.8 Å². The van der Waals surface area contributed by atoms with E-state index in [1.54, 1.807) is 0 Å². The summed E-state index contributed by atoms with van der Waals surface area (Å²) in [6.45, 7) is 2.45. The summed E-state index contributed by atoms with van der Waals surface area (Å²) in [5.74, 6) is -2.64. The number of aromatic nitrogens is 1. The highest BCUT2D eigenvalue weighted by Gasteiger charge is 2.51. The van der Waals surface area contributed by atoms with Gasteiger partial charge in [0.15, 0.2) is 6.73 Å². The molecule has 0 aliphatic heterocycles. The lowest BCUT2D eigenvalue weighted by atomic mass is 9.90. The summed E-state index contributed by atoms with van der Waals surface area (Å²) in [5.41, 5.74) is -2.79. The third kappa shape index (κ3) is 3.65. The van der Waals surface area contributed by atoms with Crippen molar-refractivity contribution in [3.05, 3.63) is 21.7 Å². The van der Waals surface area contributed by atoms with Crippen molar-refractivity contribution in [1.29, 1.82) is 0 Å². The van der Waals surface area contributed by atoms with Gasteiger partial charge in [0.2, 0.25) is 11.4 Å². The van der Waals surface area contributed by atoms with E-state index in [-0.39, 0.29) is 18.1 Å². The molecule has 1 aromatic heterocycles. The van der Waals surface area contributed by atoms with Crippen LogP contribution < -0.4 is 10.9 Å². The van der Waals surface area contributed by atoms with Crippen molar-refractivity contribution < 1.29 is 33.1 Å². The van der Waals surface area contributed by atoms with Crippen molar-refractivity contribution >= 4 is 17.8 Å². The van der Waals surface area contributed by atoms with E-state index in [0.717, 1.165) is 25.9 Å². The first kappa shape index (κ1) is 19.4. The zero-order chi connectivity index (χ0) is 18.5. The fourth-order valence-corrected chi connectivity index (χ4v) is 2.25. The Balaban J connectivity index is 3.46. The molecule has 1 amide bonds. The number of ether oxygens (including phenoxy) is 3. The van der Waals surface area contributed by atoms with Crippen LogP contribution in [0.1, 0.15) is 18.2 Å². The molecule has 0 unspecified atom stereocenters. The van der Waals surface area contributed by atoms with Gasteiger partial charge >= 0.3 is 11.9 Å². The molecular weight excluding hydrogens is 324 g/mol. The van der Waals surface area contributed by atoms with Crippen LogP contribution in [0.25, 0.3) is 0 Å². The summed E-state index contributed by atoms with van der Waals surface area (Å²) < 4.78 is 20.2. The van der Waals surface area contributed by atoms with E-state index in [1.807, 2.05) is 0 Å². The molecule has 1 aromatic rings. The number of methoxy groups -OCH3 is 3. The molecule has 0 spiro atoms. The monoisotopic (exact) mass is 344 g/mol. The van der Waals surface area contributed by atoms with Gasteiger partial charge in [-0.3, -0.25) is 9.59 Å². The zero-order valence-electron chi connectivity index (χ0n) is 14.1. The second-order valence-electron chi connectivity index (χ2n) is 4.97. The quantitative estimate of drug-likeness (QED) is 0.499. The number of esters is 2. The largest absolute Gasteiger partial charge is 0.467 e. The number of nitrogens with zero attached hydrogens (tertiary/aromatic N) is 1. The Bertz CT molecular complexity index is 671. The molecule has 0 fully saturated rings. The molecule has 0 saturated carbocycles. The minimum absolute atomic E-state index is 0.0107. The van der Waals surface area contributed by atoms with Crippen LogP contribution in [-0.2, 0) is 41.7 Å². The maximum Gasteiger partial charge on any atom is 0.343 e. The molecule has 0 aliphatic rings. The summed E-state index contributed by atoms with van der Waals surface area (Å²) >= 11 is 0. The van der Waals surface area contributed by atoms with Crippen LogP contribution in [0, 0.1) is 6.92 Å². The summed E-state index contributed by atoms with van der Waals surface area (Å²) in [6.07, 6.45) is -0.489. The lowest BCUT2D eigenvalue weighted by Gasteiger charge is -2.28. The van der Waals surface area contributed by atoms with Gasteiger partial charge in [-0.1, -0.05) is 0 Å². The smallest absolute Gasteiger partial charge is 0.343 e. The maximum absolute atomic E-state index is 12.3. The lowest BCUT2D eigenvalue weighted by molar-refractivity contribution is -0.165. The number of amides is 1. The minimum atomic E-state index is -2.20. The second-order valence-corrected chi connectivity index (χ2v) is 4.97. The molecule has 0 radical (unpaired) electrons. The van der Waals surface area contributed by atoms with E-state index in [1.165, 1.54) is 14.0 Å². The molecule has 0 bridgehead atoms. The molecule has 10 nitrogen and oxygen atoms in total. The van der Waals surface area contributed by atoms with E-state index in [2.05, 4.69) is 14.8 Å². The highest BCUT2D eigenvalue weighted by atomic mass is 16.6. The Morgan fingerprint density at radius 3 is 2.12 bits per heavy atom. The fraction of sp³-hybridized carbons (Fsp3) is 0.571. The summed E-state index contributed by atoms with van der Waals surface area (Å²) in [7, 11) is 3.47. The van der Waals surface area contributed by atoms with Crippen LogP contribution in [-0.4, -0.2) is 49.5 Å². The number of rotatable bonds is 7. The highest BCUT2D eigenvalue weighted by molar-refractivity contribution is 6.07. The highest BCUT2D eigenvalue weighted by Crippen LogP contribution is 2.19. The second kappa shape index (κ2) is 7.77. The molecule has 24 heavy (non-hydrogen) atoms. The van der Waals surface area contributed by atoms with Crippen molar-refractivity contribution in [2.75, 3.05) is 21.3 Å². The topological polar surface area (TPSA) is 126 Å². The summed E-state index contributed by atoms with van der Waals surface area (Å²) in [6, 6.07) is 0. The first-order valence-corrected chi connectivity index (χ1v) is 6.87. The first-order chi connectivity index (χ1) is 11.2. The van der Waals surface area contributed by atoms with Gasteiger partial charge in [-0.25, -0.2) is 9.59 Å². The predicted molar refractivity (Wildman–Crippen MR) is 79.0 cm³/mol. The Morgan fingerprint density at radius 2 is 1.71 bits per heavy atom. The Labute approximate surface area is 137 Å². The average molecular weight is 344 g/mol. The zero-order valence-corrected chi connectivity index (χ0v) is 14.1. The molecular formula is C14H20N2O8. The van der Waals surface area contributed by atoms with Gasteiger partial charge in [-0.05, 0) is 6.92 Å². The van der Waals surface area contributed by atoms with Gasteiger partial charge in [0.1, 0.15) is 5.76 Å². The van der Waals surface area contributed by atoms with Crippen LogP contribution in [0.3, 0.4) is 0 Å². The van der Waals surface area contributed by atoms with Crippen LogP contribution in [0.4, 0.5) is 0 Å². The SMILES string of the molecule is COCn1oc(C)c(CC(NC(C)=O)(C(=O)OC)C(=O)OC)c1=O. The molecule has 0 aliphatic carbocycles. The van der Waals surface area contributed by atoms with Crippen molar-refractivity contribution in [1.82, 2.24) is 10.1 Å². The minimum Gasteiger partial charge on any atom is -0.467 e. The number of hydrogen-bond donors (Lipinski definition) is 1. The average Bonchev–Trinajstić information content (AvgIpc) is 2.79. The predicted octanol–water partition coefficient (Wildman–Crippen LogP) is -0.883. The molecule has 1 rings (SSSR count). The summed E-state index contributed by atoms with van der Waals surface area (Å²) in [4.78, 5) is 48.3. The van der Waals surface area contributed by atoms with Gasteiger partial charge in [0, 0.05) is 20.5 Å². The lowest BCUT2D eigenvalue weighted by Crippen LogP contribution is -2.62. The van der Waals surface area contributed by atoms with E-state index in [4.69, 9.17) is 9.26 Å². The first-order valence-electron chi connectivity index (χ1n) is 6.87. The molecule has 10 heteroatoms. The van der Waals surface area contributed by atoms with Crippen molar-refractivity contribution in [3.63, 3.8) is 0 Å². The molecule has 1 N–H and O–H groups in total. The van der Waals surface area contributed by atoms with E-state index >= 15 is 0 Å². The number of hydrogen-bond acceptors (Lipinski definition) is 8. The maximum atomic E-state index is 12.3. The van der Waals surface area contributed by atoms with Crippen LogP contribution in [0.2, 0.25) is 0 Å². The van der Waals surface area contributed by atoms with Gasteiger partial charge < -0.3 is 24.1 Å². The van der Waals surface area contributed by atoms with Crippen molar-refractivity contribution in [2.24, 2.45) is 0 Å². The molecule has 0 aromatic carbocycles.